The van der Waals surface area contributed by atoms with E-state index in [1.54, 1.807) is 24.3 Å². The van der Waals surface area contributed by atoms with E-state index in [4.69, 9.17) is 4.74 Å². The Morgan fingerprint density at radius 2 is 1.48 bits per heavy atom. The molecule has 0 spiro atoms. The van der Waals surface area contributed by atoms with Crippen LogP contribution in [0.5, 0.6) is 5.75 Å². The van der Waals surface area contributed by atoms with Crippen LogP contribution in [0.1, 0.15) is 21.5 Å². The number of ether oxygens (including phenoxy) is 1. The van der Waals surface area contributed by atoms with Gasteiger partial charge >= 0.3 is 6.18 Å². The second-order valence-electron chi connectivity index (χ2n) is 6.58. The summed E-state index contributed by atoms with van der Waals surface area (Å²) in [5, 5.41) is 5.24. The summed E-state index contributed by atoms with van der Waals surface area (Å²) >= 11 is 0. The average molecular weight is 428 g/mol. The zero-order chi connectivity index (χ0) is 22.3. The van der Waals surface area contributed by atoms with Gasteiger partial charge in [0.25, 0.3) is 11.8 Å². The molecular weight excluding hydrogens is 409 g/mol. The van der Waals surface area contributed by atoms with Crippen LogP contribution in [-0.2, 0) is 17.5 Å². The van der Waals surface area contributed by atoms with E-state index >= 15 is 0 Å². The molecule has 0 radical (unpaired) electrons. The van der Waals surface area contributed by atoms with Crippen LogP contribution in [-0.4, -0.2) is 18.4 Å². The Kier molecular flexibility index (Phi) is 6.92. The van der Waals surface area contributed by atoms with Gasteiger partial charge in [0, 0.05) is 12.2 Å². The van der Waals surface area contributed by atoms with Gasteiger partial charge in [0.1, 0.15) is 5.75 Å². The van der Waals surface area contributed by atoms with Gasteiger partial charge in [-0.15, -0.1) is 0 Å². The number of amides is 2. The van der Waals surface area contributed by atoms with Crippen molar-refractivity contribution in [1.82, 2.24) is 5.32 Å². The zero-order valence-electron chi connectivity index (χ0n) is 16.3. The Labute approximate surface area is 176 Å². The number of anilines is 1. The molecule has 0 saturated carbocycles. The minimum absolute atomic E-state index is 0.204. The molecule has 3 aromatic carbocycles. The molecule has 0 aliphatic rings. The highest BCUT2D eigenvalue weighted by atomic mass is 19.4. The fraction of sp³-hybridized carbons (Fsp3) is 0.130. The van der Waals surface area contributed by atoms with Crippen molar-refractivity contribution < 1.29 is 27.5 Å². The van der Waals surface area contributed by atoms with Gasteiger partial charge in [0.15, 0.2) is 6.61 Å². The molecule has 0 heterocycles. The third-order valence-corrected chi connectivity index (χ3v) is 4.28. The Morgan fingerprint density at radius 1 is 0.839 bits per heavy atom. The molecule has 5 nitrogen and oxygen atoms in total. The largest absolute Gasteiger partial charge is 0.483 e. The minimum atomic E-state index is -4.45. The quantitative estimate of drug-likeness (QED) is 0.576. The van der Waals surface area contributed by atoms with Gasteiger partial charge in [-0.2, -0.15) is 13.2 Å². The SMILES string of the molecule is O=C(COc1ccccc1C(=O)NCc1ccccc1)Nc1ccc(C(F)(F)F)cc1. The van der Waals surface area contributed by atoms with E-state index in [-0.39, 0.29) is 22.9 Å². The van der Waals surface area contributed by atoms with Gasteiger partial charge in [0.2, 0.25) is 0 Å². The summed E-state index contributed by atoms with van der Waals surface area (Å²) in [4.78, 5) is 24.6. The highest BCUT2D eigenvalue weighted by Gasteiger charge is 2.30. The first-order valence-corrected chi connectivity index (χ1v) is 9.34. The van der Waals surface area contributed by atoms with Crippen LogP contribution in [0.15, 0.2) is 78.9 Å². The molecule has 2 amide bonds. The maximum Gasteiger partial charge on any atom is 0.416 e. The van der Waals surface area contributed by atoms with Gasteiger partial charge in [-0.25, -0.2) is 0 Å². The number of halogens is 3. The predicted octanol–water partition coefficient (Wildman–Crippen LogP) is 4.65. The van der Waals surface area contributed by atoms with Gasteiger partial charge in [-0.3, -0.25) is 9.59 Å². The first kappa shape index (κ1) is 21.9. The topological polar surface area (TPSA) is 67.4 Å². The lowest BCUT2D eigenvalue weighted by Gasteiger charge is -2.12. The Hall–Kier alpha value is -3.81. The van der Waals surface area contributed by atoms with Crippen molar-refractivity contribution >= 4 is 17.5 Å². The van der Waals surface area contributed by atoms with Crippen molar-refractivity contribution in [2.45, 2.75) is 12.7 Å². The highest BCUT2D eigenvalue weighted by molar-refractivity contribution is 5.97. The van der Waals surface area contributed by atoms with E-state index in [0.717, 1.165) is 29.8 Å². The Morgan fingerprint density at radius 3 is 2.16 bits per heavy atom. The summed E-state index contributed by atoms with van der Waals surface area (Å²) in [5.41, 5.74) is 0.596. The van der Waals surface area contributed by atoms with Crippen molar-refractivity contribution in [3.63, 3.8) is 0 Å². The number of nitrogens with one attached hydrogen (secondary N) is 2. The fourth-order valence-electron chi connectivity index (χ4n) is 2.74. The van der Waals surface area contributed by atoms with E-state index in [2.05, 4.69) is 10.6 Å². The lowest BCUT2D eigenvalue weighted by molar-refractivity contribution is -0.137. The van der Waals surface area contributed by atoms with Crippen LogP contribution in [0.2, 0.25) is 0 Å². The van der Waals surface area contributed by atoms with Gasteiger partial charge in [0.05, 0.1) is 11.1 Å². The number of benzene rings is 3. The van der Waals surface area contributed by atoms with Crippen molar-refractivity contribution in [2.24, 2.45) is 0 Å². The smallest absolute Gasteiger partial charge is 0.416 e. The molecule has 0 aliphatic heterocycles. The first-order chi connectivity index (χ1) is 14.8. The molecule has 0 fully saturated rings. The van der Waals surface area contributed by atoms with Crippen molar-refractivity contribution in [3.8, 4) is 5.75 Å². The third-order valence-electron chi connectivity index (χ3n) is 4.28. The fourth-order valence-corrected chi connectivity index (χ4v) is 2.74. The number of carbonyl (C=O) groups is 2. The van der Waals surface area contributed by atoms with Gasteiger partial charge < -0.3 is 15.4 Å². The lowest BCUT2D eigenvalue weighted by atomic mass is 10.1. The van der Waals surface area contributed by atoms with Gasteiger partial charge in [-0.05, 0) is 42.0 Å². The van der Waals surface area contributed by atoms with Crippen LogP contribution in [0.4, 0.5) is 18.9 Å². The Balaban J connectivity index is 1.56. The van der Waals surface area contributed by atoms with Crippen LogP contribution in [0.25, 0.3) is 0 Å². The molecule has 0 bridgehead atoms. The molecule has 3 aromatic rings. The first-order valence-electron chi connectivity index (χ1n) is 9.34. The summed E-state index contributed by atoms with van der Waals surface area (Å²) in [6.45, 7) is -0.0770. The average Bonchev–Trinajstić information content (AvgIpc) is 2.77. The van der Waals surface area contributed by atoms with Crippen molar-refractivity contribution in [3.05, 3.63) is 95.6 Å². The molecule has 0 aromatic heterocycles. The molecule has 160 valence electrons. The van der Waals surface area contributed by atoms with Crippen LogP contribution in [0, 0.1) is 0 Å². The molecule has 31 heavy (non-hydrogen) atoms. The maximum atomic E-state index is 12.6. The number of alkyl halides is 3. The van der Waals surface area contributed by atoms with E-state index in [1.807, 2.05) is 30.3 Å². The molecule has 2 N–H and O–H groups in total. The number of rotatable bonds is 7. The van der Waals surface area contributed by atoms with E-state index < -0.39 is 24.3 Å². The minimum Gasteiger partial charge on any atom is -0.483 e. The van der Waals surface area contributed by atoms with Crippen LogP contribution in [0.3, 0.4) is 0 Å². The zero-order valence-corrected chi connectivity index (χ0v) is 16.3. The second-order valence-corrected chi connectivity index (χ2v) is 6.58. The van der Waals surface area contributed by atoms with Crippen LogP contribution < -0.4 is 15.4 Å². The normalized spacial score (nSPS) is 10.9. The van der Waals surface area contributed by atoms with Crippen molar-refractivity contribution in [2.75, 3.05) is 11.9 Å². The summed E-state index contributed by atoms with van der Waals surface area (Å²) in [5.74, 6) is -0.711. The number of para-hydroxylation sites is 1. The molecule has 0 saturated heterocycles. The van der Waals surface area contributed by atoms with Crippen molar-refractivity contribution in [1.29, 1.82) is 0 Å². The second kappa shape index (κ2) is 9.80. The molecule has 3 rings (SSSR count). The molecule has 0 unspecified atom stereocenters. The summed E-state index contributed by atoms with van der Waals surface area (Å²) in [7, 11) is 0. The maximum absolute atomic E-state index is 12.6. The monoisotopic (exact) mass is 428 g/mol. The number of hydrogen-bond acceptors (Lipinski definition) is 3. The molecule has 0 aliphatic carbocycles. The summed E-state index contributed by atoms with van der Waals surface area (Å²) in [6.07, 6.45) is -4.45. The summed E-state index contributed by atoms with van der Waals surface area (Å²) in [6, 6.07) is 19.9. The predicted molar refractivity (Wildman–Crippen MR) is 110 cm³/mol. The molecule has 0 atom stereocenters. The molecular formula is C23H19F3N2O3. The van der Waals surface area contributed by atoms with E-state index in [1.165, 1.54) is 0 Å². The standard InChI is InChI=1S/C23H19F3N2O3/c24-23(25,26)17-10-12-18(13-11-17)28-21(29)15-31-20-9-5-4-8-19(20)22(30)27-14-16-6-2-1-3-7-16/h1-13H,14-15H2,(H,27,30)(H,28,29). The Bertz CT molecular complexity index is 1040. The van der Waals surface area contributed by atoms with Crippen LogP contribution >= 0.6 is 0 Å². The third kappa shape index (κ3) is 6.33. The number of hydrogen-bond donors (Lipinski definition) is 2. The lowest BCUT2D eigenvalue weighted by Crippen LogP contribution is -2.25. The van der Waals surface area contributed by atoms with E-state index in [9.17, 15) is 22.8 Å². The molecule has 8 heteroatoms. The van der Waals surface area contributed by atoms with E-state index in [0.29, 0.717) is 6.54 Å². The number of carbonyl (C=O) groups excluding carboxylic acids is 2. The highest BCUT2D eigenvalue weighted by Crippen LogP contribution is 2.29. The van der Waals surface area contributed by atoms with Gasteiger partial charge in [-0.1, -0.05) is 42.5 Å². The summed E-state index contributed by atoms with van der Waals surface area (Å²) < 4.78 is 43.3.